The SMILES string of the molecule is O=C1NCCN(C(=O)c2ccc3oc(=O)[nH]c3c2)CC1Cc1ccc(-c2cccnc2)cc1. The van der Waals surface area contributed by atoms with Crippen molar-refractivity contribution in [2.24, 2.45) is 5.92 Å². The zero-order valence-electron chi connectivity index (χ0n) is 17.8. The Labute approximate surface area is 189 Å². The molecule has 0 radical (unpaired) electrons. The molecule has 8 nitrogen and oxygen atoms in total. The predicted molar refractivity (Wildman–Crippen MR) is 123 cm³/mol. The van der Waals surface area contributed by atoms with Gasteiger partial charge in [-0.1, -0.05) is 30.3 Å². The Hall–Kier alpha value is -4.20. The first-order valence-corrected chi connectivity index (χ1v) is 10.8. The fraction of sp³-hybridized carbons (Fsp3) is 0.200. The number of hydrogen-bond donors (Lipinski definition) is 2. The Morgan fingerprint density at radius 2 is 1.94 bits per heavy atom. The summed E-state index contributed by atoms with van der Waals surface area (Å²) in [6.07, 6.45) is 4.08. The third-order valence-corrected chi connectivity index (χ3v) is 5.88. The molecule has 8 heteroatoms. The number of carbonyl (C=O) groups is 2. The van der Waals surface area contributed by atoms with Gasteiger partial charge in [0.15, 0.2) is 5.58 Å². The van der Waals surface area contributed by atoms with E-state index in [0.717, 1.165) is 16.7 Å². The highest BCUT2D eigenvalue weighted by Crippen LogP contribution is 2.21. The summed E-state index contributed by atoms with van der Waals surface area (Å²) in [6, 6.07) is 16.8. The fourth-order valence-corrected chi connectivity index (χ4v) is 4.16. The predicted octanol–water partition coefficient (Wildman–Crippen LogP) is 2.61. The standard InChI is InChI=1S/C25H22N4O4/c30-23-20(12-16-3-5-17(6-4-16)19-2-1-9-26-14-19)15-29(11-10-27-23)24(31)18-7-8-22-21(13-18)28-25(32)33-22/h1-9,13-14,20H,10-12,15H2,(H,27,30)(H,28,32). The van der Waals surface area contributed by atoms with Gasteiger partial charge < -0.3 is 14.6 Å². The summed E-state index contributed by atoms with van der Waals surface area (Å²) in [6.45, 7) is 1.13. The van der Waals surface area contributed by atoms with Crippen molar-refractivity contribution in [1.82, 2.24) is 20.2 Å². The first kappa shape index (κ1) is 20.7. The number of rotatable bonds is 4. The van der Waals surface area contributed by atoms with Gasteiger partial charge in [0.2, 0.25) is 5.91 Å². The van der Waals surface area contributed by atoms with Crippen LogP contribution in [0.1, 0.15) is 15.9 Å². The zero-order valence-corrected chi connectivity index (χ0v) is 17.8. The van der Waals surface area contributed by atoms with Gasteiger partial charge in [-0.15, -0.1) is 0 Å². The normalized spacial score (nSPS) is 16.4. The minimum Gasteiger partial charge on any atom is -0.408 e. The number of benzene rings is 2. The highest BCUT2D eigenvalue weighted by atomic mass is 16.4. The molecule has 1 unspecified atom stereocenters. The topological polar surface area (TPSA) is 108 Å². The Kier molecular flexibility index (Phi) is 5.48. The number of oxazole rings is 1. The summed E-state index contributed by atoms with van der Waals surface area (Å²) in [5, 5.41) is 2.92. The van der Waals surface area contributed by atoms with E-state index in [4.69, 9.17) is 4.42 Å². The average Bonchev–Trinajstić information content (AvgIpc) is 3.12. The lowest BCUT2D eigenvalue weighted by Crippen LogP contribution is -2.37. The van der Waals surface area contributed by atoms with E-state index in [-0.39, 0.29) is 17.7 Å². The maximum atomic E-state index is 13.2. The van der Waals surface area contributed by atoms with Crippen molar-refractivity contribution in [2.45, 2.75) is 6.42 Å². The van der Waals surface area contributed by atoms with Crippen molar-refractivity contribution < 1.29 is 14.0 Å². The second-order valence-corrected chi connectivity index (χ2v) is 8.11. The van der Waals surface area contributed by atoms with Crippen molar-refractivity contribution in [2.75, 3.05) is 19.6 Å². The Balaban J connectivity index is 1.32. The minimum atomic E-state index is -0.561. The fourth-order valence-electron chi connectivity index (χ4n) is 4.16. The maximum absolute atomic E-state index is 13.2. The van der Waals surface area contributed by atoms with Crippen LogP contribution < -0.4 is 11.1 Å². The molecule has 0 saturated carbocycles. The number of carbonyl (C=O) groups excluding carboxylic acids is 2. The van der Waals surface area contributed by atoms with E-state index in [1.165, 1.54) is 0 Å². The van der Waals surface area contributed by atoms with Crippen LogP contribution in [0.4, 0.5) is 0 Å². The number of nitrogens with zero attached hydrogens (tertiary/aromatic N) is 2. The van der Waals surface area contributed by atoms with Crippen LogP contribution in [0.5, 0.6) is 0 Å². The van der Waals surface area contributed by atoms with Gasteiger partial charge >= 0.3 is 5.76 Å². The van der Waals surface area contributed by atoms with Crippen LogP contribution in [0, 0.1) is 5.92 Å². The van der Waals surface area contributed by atoms with Crippen molar-refractivity contribution in [1.29, 1.82) is 0 Å². The van der Waals surface area contributed by atoms with E-state index in [0.29, 0.717) is 42.7 Å². The summed E-state index contributed by atoms with van der Waals surface area (Å²) in [5.41, 5.74) is 4.42. The van der Waals surface area contributed by atoms with Gasteiger partial charge in [0.25, 0.3) is 5.91 Å². The molecule has 1 saturated heterocycles. The van der Waals surface area contributed by atoms with Crippen LogP contribution in [0.2, 0.25) is 0 Å². The molecule has 0 bridgehead atoms. The van der Waals surface area contributed by atoms with Crippen LogP contribution >= 0.6 is 0 Å². The minimum absolute atomic E-state index is 0.0590. The van der Waals surface area contributed by atoms with Gasteiger partial charge in [-0.05, 0) is 47.4 Å². The molecule has 2 aromatic heterocycles. The number of nitrogens with one attached hydrogen (secondary N) is 2. The molecule has 1 fully saturated rings. The number of hydrogen-bond acceptors (Lipinski definition) is 5. The van der Waals surface area contributed by atoms with Crippen molar-refractivity contribution >= 4 is 22.9 Å². The number of aromatic amines is 1. The Bertz CT molecular complexity index is 1360. The van der Waals surface area contributed by atoms with Gasteiger partial charge in [-0.2, -0.15) is 0 Å². The largest absolute Gasteiger partial charge is 0.417 e. The number of amides is 2. The van der Waals surface area contributed by atoms with E-state index >= 15 is 0 Å². The molecule has 5 rings (SSSR count). The summed E-state index contributed by atoms with van der Waals surface area (Å²) in [5.74, 6) is -1.17. The molecule has 1 aliphatic rings. The van der Waals surface area contributed by atoms with E-state index in [2.05, 4.69) is 15.3 Å². The molecule has 1 atom stereocenters. The van der Waals surface area contributed by atoms with Gasteiger partial charge in [-0.3, -0.25) is 19.6 Å². The number of aromatic nitrogens is 2. The highest BCUT2D eigenvalue weighted by Gasteiger charge is 2.28. The van der Waals surface area contributed by atoms with Crippen LogP contribution in [0.15, 0.2) is 76.2 Å². The number of pyridine rings is 1. The highest BCUT2D eigenvalue weighted by molar-refractivity contribution is 5.97. The van der Waals surface area contributed by atoms with Gasteiger partial charge in [-0.25, -0.2) is 4.79 Å². The summed E-state index contributed by atoms with van der Waals surface area (Å²) < 4.78 is 5.01. The van der Waals surface area contributed by atoms with Crippen molar-refractivity contribution in [3.63, 3.8) is 0 Å². The molecule has 33 heavy (non-hydrogen) atoms. The lowest BCUT2D eigenvalue weighted by Gasteiger charge is -2.23. The molecule has 2 N–H and O–H groups in total. The second kappa shape index (κ2) is 8.74. The third kappa shape index (κ3) is 4.41. The summed E-state index contributed by atoms with van der Waals surface area (Å²) >= 11 is 0. The molecule has 1 aliphatic heterocycles. The summed E-state index contributed by atoms with van der Waals surface area (Å²) in [7, 11) is 0. The zero-order chi connectivity index (χ0) is 22.8. The summed E-state index contributed by atoms with van der Waals surface area (Å²) in [4.78, 5) is 45.7. The van der Waals surface area contributed by atoms with Gasteiger partial charge in [0, 0.05) is 37.6 Å². The quantitative estimate of drug-likeness (QED) is 0.505. The monoisotopic (exact) mass is 442 g/mol. The smallest absolute Gasteiger partial charge is 0.408 e. The molecule has 2 amide bonds. The molecule has 0 spiro atoms. The molecule has 166 valence electrons. The molecular weight excluding hydrogens is 420 g/mol. The first-order chi connectivity index (χ1) is 16.1. The maximum Gasteiger partial charge on any atom is 0.417 e. The van der Waals surface area contributed by atoms with Gasteiger partial charge in [0.1, 0.15) is 0 Å². The van der Waals surface area contributed by atoms with E-state index < -0.39 is 5.76 Å². The van der Waals surface area contributed by atoms with Crippen LogP contribution in [-0.4, -0.2) is 46.3 Å². The van der Waals surface area contributed by atoms with E-state index in [1.807, 2.05) is 42.6 Å². The van der Waals surface area contributed by atoms with E-state index in [1.54, 1.807) is 29.3 Å². The average molecular weight is 442 g/mol. The second-order valence-electron chi connectivity index (χ2n) is 8.11. The van der Waals surface area contributed by atoms with E-state index in [9.17, 15) is 14.4 Å². The molecule has 4 aromatic rings. The molecule has 0 aliphatic carbocycles. The van der Waals surface area contributed by atoms with Crippen LogP contribution in [0.3, 0.4) is 0 Å². The number of fused-ring (bicyclic) bond motifs is 1. The van der Waals surface area contributed by atoms with Crippen molar-refractivity contribution in [3.8, 4) is 11.1 Å². The van der Waals surface area contributed by atoms with Crippen molar-refractivity contribution in [3.05, 3.63) is 88.7 Å². The Morgan fingerprint density at radius 3 is 2.73 bits per heavy atom. The Morgan fingerprint density at radius 1 is 1.09 bits per heavy atom. The third-order valence-electron chi connectivity index (χ3n) is 5.88. The lowest BCUT2D eigenvalue weighted by atomic mass is 9.96. The van der Waals surface area contributed by atoms with Crippen LogP contribution in [0.25, 0.3) is 22.2 Å². The molecule has 2 aromatic carbocycles. The number of H-pyrrole nitrogens is 1. The first-order valence-electron chi connectivity index (χ1n) is 10.8. The molecular formula is C25H22N4O4. The van der Waals surface area contributed by atoms with Crippen LogP contribution in [-0.2, 0) is 11.2 Å². The molecule has 3 heterocycles. The van der Waals surface area contributed by atoms with Gasteiger partial charge in [0.05, 0.1) is 11.4 Å². The lowest BCUT2D eigenvalue weighted by molar-refractivity contribution is -0.124.